The number of piperidine rings is 1. The normalized spacial score (nSPS) is 18.5. The molecule has 1 N–H and O–H groups in total. The van der Waals surface area contributed by atoms with Gasteiger partial charge in [-0.2, -0.15) is 0 Å². The molecule has 0 spiro atoms. The molecule has 0 aromatic heterocycles. The second-order valence-corrected chi connectivity index (χ2v) is 5.62. The molecule has 1 heterocycles. The first kappa shape index (κ1) is 17.5. The first-order valence-electron chi connectivity index (χ1n) is 7.84. The molecule has 0 amide bonds. The average Bonchev–Trinajstić information content (AvgIpc) is 2.48. The Labute approximate surface area is 130 Å². The Bertz CT molecular complexity index is 347. The van der Waals surface area contributed by atoms with E-state index < -0.39 is 0 Å². The van der Waals surface area contributed by atoms with Crippen LogP contribution in [0.1, 0.15) is 44.7 Å². The van der Waals surface area contributed by atoms with Crippen molar-refractivity contribution in [3.8, 4) is 0 Å². The van der Waals surface area contributed by atoms with Gasteiger partial charge in [0.25, 0.3) is 0 Å². The van der Waals surface area contributed by atoms with E-state index in [0.717, 1.165) is 12.5 Å². The third-order valence-corrected chi connectivity index (χ3v) is 4.34. The zero-order valence-electron chi connectivity index (χ0n) is 12.8. The summed E-state index contributed by atoms with van der Waals surface area (Å²) >= 11 is 0. The maximum Gasteiger partial charge on any atom is 0.0345 e. The van der Waals surface area contributed by atoms with Gasteiger partial charge in [-0.25, -0.2) is 0 Å². The molecule has 1 aromatic rings. The van der Waals surface area contributed by atoms with Crippen LogP contribution in [0.15, 0.2) is 30.3 Å². The van der Waals surface area contributed by atoms with Crippen molar-refractivity contribution in [1.82, 2.24) is 10.2 Å². The monoisotopic (exact) mass is 296 g/mol. The molecule has 2 rings (SSSR count). The highest BCUT2D eigenvalue weighted by Crippen LogP contribution is 2.28. The summed E-state index contributed by atoms with van der Waals surface area (Å²) in [7, 11) is 0. The smallest absolute Gasteiger partial charge is 0.0345 e. The Hall–Kier alpha value is -0.570. The highest BCUT2D eigenvalue weighted by atomic mass is 35.5. The van der Waals surface area contributed by atoms with Crippen molar-refractivity contribution in [1.29, 1.82) is 0 Å². The van der Waals surface area contributed by atoms with Crippen LogP contribution in [0.25, 0.3) is 0 Å². The summed E-state index contributed by atoms with van der Waals surface area (Å²) in [5, 5.41) is 3.49. The van der Waals surface area contributed by atoms with Gasteiger partial charge < -0.3 is 5.32 Å². The van der Waals surface area contributed by atoms with Crippen LogP contribution in [0.2, 0.25) is 0 Å². The lowest BCUT2D eigenvalue weighted by atomic mass is 9.93. The van der Waals surface area contributed by atoms with E-state index >= 15 is 0 Å². The number of hydrogen-bond acceptors (Lipinski definition) is 2. The molecule has 0 aliphatic carbocycles. The van der Waals surface area contributed by atoms with Crippen molar-refractivity contribution >= 4 is 12.4 Å². The molecule has 114 valence electrons. The molecule has 0 radical (unpaired) electrons. The second-order valence-electron chi connectivity index (χ2n) is 5.62. The van der Waals surface area contributed by atoms with E-state index in [2.05, 4.69) is 54.4 Å². The fraction of sp³-hybridized carbons (Fsp3) is 0.647. The molecule has 1 unspecified atom stereocenters. The van der Waals surface area contributed by atoms with Crippen LogP contribution < -0.4 is 5.32 Å². The lowest BCUT2D eigenvalue weighted by Crippen LogP contribution is -2.39. The van der Waals surface area contributed by atoms with Crippen molar-refractivity contribution < 1.29 is 0 Å². The average molecular weight is 297 g/mol. The van der Waals surface area contributed by atoms with E-state index in [9.17, 15) is 0 Å². The van der Waals surface area contributed by atoms with E-state index in [1.807, 2.05) is 0 Å². The van der Waals surface area contributed by atoms with Gasteiger partial charge >= 0.3 is 0 Å². The Morgan fingerprint density at radius 1 is 1.15 bits per heavy atom. The number of likely N-dealkylation sites (tertiary alicyclic amines) is 1. The van der Waals surface area contributed by atoms with Gasteiger partial charge in [0.2, 0.25) is 0 Å². The minimum Gasteiger partial charge on any atom is -0.317 e. The summed E-state index contributed by atoms with van der Waals surface area (Å²) in [4.78, 5) is 2.68. The topological polar surface area (TPSA) is 15.3 Å². The largest absolute Gasteiger partial charge is 0.317 e. The predicted molar refractivity (Wildman–Crippen MR) is 89.6 cm³/mol. The van der Waals surface area contributed by atoms with E-state index in [1.54, 1.807) is 0 Å². The van der Waals surface area contributed by atoms with Gasteiger partial charge in [0.1, 0.15) is 0 Å². The van der Waals surface area contributed by atoms with Crippen LogP contribution in [0.3, 0.4) is 0 Å². The minimum atomic E-state index is 0. The standard InChI is InChI=1S/C17H28N2.ClH/c1-3-17(16-8-6-5-7-9-16)19-12-10-15(11-13-19)14-18-4-2;/h5-9,15,17-18H,3-4,10-14H2,1-2H3;1H. The second kappa shape index (κ2) is 9.38. The van der Waals surface area contributed by atoms with E-state index in [-0.39, 0.29) is 12.4 Å². The molecular formula is C17H29ClN2. The molecule has 1 atom stereocenters. The van der Waals surface area contributed by atoms with Crippen LogP contribution in [0.5, 0.6) is 0 Å². The zero-order valence-corrected chi connectivity index (χ0v) is 13.7. The maximum absolute atomic E-state index is 3.49. The highest BCUT2D eigenvalue weighted by molar-refractivity contribution is 5.85. The lowest BCUT2D eigenvalue weighted by Gasteiger charge is -2.37. The summed E-state index contributed by atoms with van der Waals surface area (Å²) in [6.45, 7) is 9.31. The molecule has 1 fully saturated rings. The van der Waals surface area contributed by atoms with Gasteiger partial charge in [0.15, 0.2) is 0 Å². The molecular weight excluding hydrogens is 268 g/mol. The molecule has 1 aliphatic rings. The number of hydrogen-bond donors (Lipinski definition) is 1. The SMILES string of the molecule is CCNCC1CCN(C(CC)c2ccccc2)CC1.Cl. The van der Waals surface area contributed by atoms with Crippen molar-refractivity contribution in [2.24, 2.45) is 5.92 Å². The molecule has 1 aliphatic heterocycles. The number of nitrogens with zero attached hydrogens (tertiary/aromatic N) is 1. The predicted octanol–water partition coefficient (Wildman–Crippen LogP) is 3.88. The summed E-state index contributed by atoms with van der Waals surface area (Å²) in [5.74, 6) is 0.879. The summed E-state index contributed by atoms with van der Waals surface area (Å²) in [6, 6.07) is 11.6. The Morgan fingerprint density at radius 2 is 1.80 bits per heavy atom. The highest BCUT2D eigenvalue weighted by Gasteiger charge is 2.24. The van der Waals surface area contributed by atoms with Crippen molar-refractivity contribution in [3.63, 3.8) is 0 Å². The third kappa shape index (κ3) is 4.76. The third-order valence-electron chi connectivity index (χ3n) is 4.34. The van der Waals surface area contributed by atoms with Crippen LogP contribution in [-0.2, 0) is 0 Å². The molecule has 0 saturated carbocycles. The van der Waals surface area contributed by atoms with Gasteiger partial charge in [0, 0.05) is 6.04 Å². The van der Waals surface area contributed by atoms with E-state index in [1.165, 1.54) is 44.5 Å². The number of benzene rings is 1. The first-order valence-corrected chi connectivity index (χ1v) is 7.84. The van der Waals surface area contributed by atoms with E-state index in [4.69, 9.17) is 0 Å². The fourth-order valence-corrected chi connectivity index (χ4v) is 3.20. The minimum absolute atomic E-state index is 0. The molecule has 0 bridgehead atoms. The molecule has 1 saturated heterocycles. The molecule has 2 nitrogen and oxygen atoms in total. The first-order chi connectivity index (χ1) is 9.35. The van der Waals surface area contributed by atoms with Crippen LogP contribution in [0, 0.1) is 5.92 Å². The quantitative estimate of drug-likeness (QED) is 0.857. The van der Waals surface area contributed by atoms with Crippen LogP contribution in [0.4, 0.5) is 0 Å². The lowest BCUT2D eigenvalue weighted by molar-refractivity contribution is 0.128. The Kier molecular flexibility index (Phi) is 8.20. The Morgan fingerprint density at radius 3 is 2.35 bits per heavy atom. The summed E-state index contributed by atoms with van der Waals surface area (Å²) in [5.41, 5.74) is 1.48. The van der Waals surface area contributed by atoms with Crippen molar-refractivity contribution in [3.05, 3.63) is 35.9 Å². The molecule has 1 aromatic carbocycles. The summed E-state index contributed by atoms with van der Waals surface area (Å²) < 4.78 is 0. The molecule has 3 heteroatoms. The zero-order chi connectivity index (χ0) is 13.5. The van der Waals surface area contributed by atoms with Crippen LogP contribution in [-0.4, -0.2) is 31.1 Å². The van der Waals surface area contributed by atoms with Crippen molar-refractivity contribution in [2.75, 3.05) is 26.2 Å². The maximum atomic E-state index is 3.49. The number of nitrogens with one attached hydrogen (secondary N) is 1. The number of halogens is 1. The molecule has 20 heavy (non-hydrogen) atoms. The van der Waals surface area contributed by atoms with Crippen molar-refractivity contribution in [2.45, 2.75) is 39.2 Å². The van der Waals surface area contributed by atoms with Gasteiger partial charge in [0.05, 0.1) is 0 Å². The van der Waals surface area contributed by atoms with Gasteiger partial charge in [-0.05, 0) is 56.9 Å². The van der Waals surface area contributed by atoms with E-state index in [0.29, 0.717) is 6.04 Å². The fourth-order valence-electron chi connectivity index (χ4n) is 3.20. The number of rotatable bonds is 6. The van der Waals surface area contributed by atoms with Crippen LogP contribution >= 0.6 is 12.4 Å². The Balaban J connectivity index is 0.00000200. The van der Waals surface area contributed by atoms with Gasteiger partial charge in [-0.15, -0.1) is 12.4 Å². The van der Waals surface area contributed by atoms with Gasteiger partial charge in [-0.3, -0.25) is 4.90 Å². The van der Waals surface area contributed by atoms with Gasteiger partial charge in [-0.1, -0.05) is 44.2 Å². The summed E-state index contributed by atoms with van der Waals surface area (Å²) in [6.07, 6.45) is 3.90.